The molecule has 0 unspecified atom stereocenters. The molecular weight excluding hydrogens is 278 g/mol. The van der Waals surface area contributed by atoms with E-state index in [0.29, 0.717) is 5.69 Å². The van der Waals surface area contributed by atoms with Crippen molar-refractivity contribution in [2.75, 3.05) is 18.0 Å². The van der Waals surface area contributed by atoms with Crippen LogP contribution in [0.25, 0.3) is 0 Å². The molecule has 0 saturated carbocycles. The number of nitrogens with two attached hydrogens (primary N) is 1. The molecule has 1 fully saturated rings. The van der Waals surface area contributed by atoms with Crippen molar-refractivity contribution in [2.45, 2.75) is 25.4 Å². The zero-order valence-electron chi connectivity index (χ0n) is 11.2. The van der Waals surface area contributed by atoms with Gasteiger partial charge in [-0.25, -0.2) is 4.98 Å². The Morgan fingerprint density at radius 2 is 2.45 bits per heavy atom. The number of nitrogens with one attached hydrogen (secondary N) is 1. The van der Waals surface area contributed by atoms with Crippen LogP contribution in [-0.4, -0.2) is 36.1 Å². The topological polar surface area (TPSA) is 95.0 Å². The maximum absolute atomic E-state index is 11.0. The number of nitriles is 1. The average Bonchev–Trinajstić information content (AvgIpc) is 2.86. The molecule has 1 aliphatic heterocycles. The number of carbonyl (C=O) groups excluding carboxylic acids is 1. The Bertz CT molecular complexity index is 516. The largest absolute Gasteiger partial charge is 0.368 e. The van der Waals surface area contributed by atoms with Gasteiger partial charge < -0.3 is 16.0 Å². The normalized spacial score (nSPS) is 19.0. The van der Waals surface area contributed by atoms with E-state index in [1.807, 2.05) is 12.1 Å². The van der Waals surface area contributed by atoms with Gasteiger partial charge in [0.2, 0.25) is 5.91 Å². The predicted molar refractivity (Wildman–Crippen MR) is 78.6 cm³/mol. The summed E-state index contributed by atoms with van der Waals surface area (Å²) in [7, 11) is 0. The number of carbonyl (C=O) groups is 1. The van der Waals surface area contributed by atoms with Crippen molar-refractivity contribution < 1.29 is 4.79 Å². The highest BCUT2D eigenvalue weighted by Crippen LogP contribution is 2.22. The SMILES string of the molecule is C[C@H](N[C@H]1CCN(c2cccnc2C#N)C1)C(N)=O.Cl. The summed E-state index contributed by atoms with van der Waals surface area (Å²) in [6.45, 7) is 3.34. The van der Waals surface area contributed by atoms with Crippen LogP contribution >= 0.6 is 12.4 Å². The molecule has 1 aliphatic rings. The van der Waals surface area contributed by atoms with E-state index < -0.39 is 0 Å². The first-order valence-electron chi connectivity index (χ1n) is 6.27. The first-order chi connectivity index (χ1) is 9.11. The second-order valence-corrected chi connectivity index (χ2v) is 4.71. The van der Waals surface area contributed by atoms with Crippen molar-refractivity contribution >= 4 is 24.0 Å². The molecule has 1 saturated heterocycles. The van der Waals surface area contributed by atoms with E-state index >= 15 is 0 Å². The quantitative estimate of drug-likeness (QED) is 0.839. The summed E-state index contributed by atoms with van der Waals surface area (Å²) < 4.78 is 0. The highest BCUT2D eigenvalue weighted by atomic mass is 35.5. The van der Waals surface area contributed by atoms with Gasteiger partial charge in [-0.1, -0.05) is 0 Å². The predicted octanol–water partition coefficient (Wildman–Crippen LogP) is 0.417. The number of hydrogen-bond acceptors (Lipinski definition) is 5. The summed E-state index contributed by atoms with van der Waals surface area (Å²) in [5.41, 5.74) is 6.52. The summed E-state index contributed by atoms with van der Waals surface area (Å²) in [6.07, 6.45) is 2.53. The number of rotatable bonds is 4. The van der Waals surface area contributed by atoms with Crippen molar-refractivity contribution in [2.24, 2.45) is 5.73 Å². The van der Waals surface area contributed by atoms with Crippen LogP contribution in [0.3, 0.4) is 0 Å². The molecule has 0 aromatic carbocycles. The number of primary amides is 1. The molecule has 3 N–H and O–H groups in total. The molecule has 2 rings (SSSR count). The lowest BCUT2D eigenvalue weighted by Gasteiger charge is -2.20. The molecule has 1 amide bonds. The fourth-order valence-electron chi connectivity index (χ4n) is 2.29. The van der Waals surface area contributed by atoms with Crippen molar-refractivity contribution in [1.82, 2.24) is 10.3 Å². The zero-order valence-corrected chi connectivity index (χ0v) is 12.1. The third-order valence-corrected chi connectivity index (χ3v) is 3.33. The van der Waals surface area contributed by atoms with E-state index in [2.05, 4.69) is 21.3 Å². The number of aromatic nitrogens is 1. The summed E-state index contributed by atoms with van der Waals surface area (Å²) in [5, 5.41) is 12.2. The van der Waals surface area contributed by atoms with Crippen molar-refractivity contribution in [3.63, 3.8) is 0 Å². The van der Waals surface area contributed by atoms with E-state index in [9.17, 15) is 4.79 Å². The molecule has 0 bridgehead atoms. The molecule has 2 heterocycles. The second kappa shape index (κ2) is 7.08. The monoisotopic (exact) mass is 295 g/mol. The molecular formula is C13H18ClN5O. The van der Waals surface area contributed by atoms with Crippen molar-refractivity contribution in [1.29, 1.82) is 5.26 Å². The molecule has 0 radical (unpaired) electrons. The van der Waals surface area contributed by atoms with Crippen LogP contribution in [0.4, 0.5) is 5.69 Å². The molecule has 1 aromatic heterocycles. The Labute approximate surface area is 124 Å². The Hall–Kier alpha value is -1.84. The molecule has 108 valence electrons. The number of hydrogen-bond donors (Lipinski definition) is 2. The maximum atomic E-state index is 11.0. The van der Waals surface area contributed by atoms with Gasteiger partial charge in [0.1, 0.15) is 6.07 Å². The Balaban J connectivity index is 0.00000200. The average molecular weight is 296 g/mol. The van der Waals surface area contributed by atoms with Crippen LogP contribution in [0.1, 0.15) is 19.0 Å². The minimum absolute atomic E-state index is 0. The zero-order chi connectivity index (χ0) is 13.8. The van der Waals surface area contributed by atoms with Gasteiger partial charge in [0.15, 0.2) is 5.69 Å². The summed E-state index contributed by atoms with van der Waals surface area (Å²) >= 11 is 0. The molecule has 20 heavy (non-hydrogen) atoms. The Kier molecular flexibility index (Phi) is 5.74. The van der Waals surface area contributed by atoms with Gasteiger partial charge in [-0.15, -0.1) is 12.4 Å². The van der Waals surface area contributed by atoms with E-state index in [1.165, 1.54) is 0 Å². The van der Waals surface area contributed by atoms with Crippen LogP contribution in [-0.2, 0) is 4.79 Å². The van der Waals surface area contributed by atoms with Crippen LogP contribution in [0.2, 0.25) is 0 Å². The standard InChI is InChI=1S/C13H17N5O.ClH/c1-9(13(15)19)17-10-4-6-18(8-10)12-3-2-5-16-11(12)7-14;/h2-3,5,9-10,17H,4,6,8H2,1H3,(H2,15,19);1H/t9-,10-;/m0./s1. The number of amides is 1. The van der Waals surface area contributed by atoms with Crippen LogP contribution < -0.4 is 16.0 Å². The highest BCUT2D eigenvalue weighted by molar-refractivity contribution is 5.85. The second-order valence-electron chi connectivity index (χ2n) is 4.71. The maximum Gasteiger partial charge on any atom is 0.234 e. The van der Waals surface area contributed by atoms with Crippen molar-refractivity contribution in [3.8, 4) is 6.07 Å². The summed E-state index contributed by atoms with van der Waals surface area (Å²) in [4.78, 5) is 17.2. The molecule has 2 atom stereocenters. The number of halogens is 1. The minimum atomic E-state index is -0.349. The van der Waals surface area contributed by atoms with Gasteiger partial charge >= 0.3 is 0 Å². The number of anilines is 1. The van der Waals surface area contributed by atoms with E-state index in [-0.39, 0.29) is 30.4 Å². The Morgan fingerprint density at radius 1 is 1.70 bits per heavy atom. The fraction of sp³-hybridized carbons (Fsp3) is 0.462. The lowest BCUT2D eigenvalue weighted by atomic mass is 10.2. The van der Waals surface area contributed by atoms with Gasteiger partial charge in [-0.05, 0) is 25.5 Å². The number of nitrogens with zero attached hydrogens (tertiary/aromatic N) is 3. The van der Waals surface area contributed by atoms with Crippen LogP contribution in [0.15, 0.2) is 18.3 Å². The molecule has 1 aromatic rings. The molecule has 0 spiro atoms. The first-order valence-corrected chi connectivity index (χ1v) is 6.27. The smallest absolute Gasteiger partial charge is 0.234 e. The van der Waals surface area contributed by atoms with Crippen LogP contribution in [0.5, 0.6) is 0 Å². The van der Waals surface area contributed by atoms with Gasteiger partial charge in [0, 0.05) is 25.3 Å². The minimum Gasteiger partial charge on any atom is -0.368 e. The molecule has 0 aliphatic carbocycles. The third kappa shape index (κ3) is 3.59. The highest BCUT2D eigenvalue weighted by Gasteiger charge is 2.26. The van der Waals surface area contributed by atoms with E-state index in [4.69, 9.17) is 11.0 Å². The van der Waals surface area contributed by atoms with E-state index in [1.54, 1.807) is 13.1 Å². The fourth-order valence-corrected chi connectivity index (χ4v) is 2.29. The molecule has 7 heteroatoms. The van der Waals surface area contributed by atoms with Crippen molar-refractivity contribution in [3.05, 3.63) is 24.0 Å². The van der Waals surface area contributed by atoms with Gasteiger partial charge in [-0.2, -0.15) is 5.26 Å². The van der Waals surface area contributed by atoms with E-state index in [0.717, 1.165) is 25.2 Å². The summed E-state index contributed by atoms with van der Waals surface area (Å²) in [5.74, 6) is -0.349. The van der Waals surface area contributed by atoms with Gasteiger partial charge in [-0.3, -0.25) is 4.79 Å². The van der Waals surface area contributed by atoms with Crippen LogP contribution in [0, 0.1) is 11.3 Å². The third-order valence-electron chi connectivity index (χ3n) is 3.33. The Morgan fingerprint density at radius 3 is 3.10 bits per heavy atom. The summed E-state index contributed by atoms with van der Waals surface area (Å²) in [6, 6.07) is 5.68. The first kappa shape index (κ1) is 16.2. The molecule has 6 nitrogen and oxygen atoms in total. The number of pyridine rings is 1. The lowest BCUT2D eigenvalue weighted by molar-refractivity contribution is -0.119. The van der Waals surface area contributed by atoms with Gasteiger partial charge in [0.25, 0.3) is 0 Å². The van der Waals surface area contributed by atoms with Gasteiger partial charge in [0.05, 0.1) is 11.7 Å². The lowest BCUT2D eigenvalue weighted by Crippen LogP contribution is -2.45.